The van der Waals surface area contributed by atoms with Crippen LogP contribution in [0.1, 0.15) is 54.4 Å². The summed E-state index contributed by atoms with van der Waals surface area (Å²) in [5.41, 5.74) is 7.10. The first-order valence-corrected chi connectivity index (χ1v) is 8.22. The number of nitrogens with one attached hydrogen (secondary N) is 1. The van der Waals surface area contributed by atoms with Crippen LogP contribution in [0.4, 0.5) is 0 Å². The molecule has 3 heteroatoms. The zero-order chi connectivity index (χ0) is 15.2. The van der Waals surface area contributed by atoms with Crippen LogP contribution in [0.15, 0.2) is 0 Å². The highest BCUT2D eigenvalue weighted by atomic mass is 16.5. The van der Waals surface area contributed by atoms with E-state index in [9.17, 15) is 0 Å². The van der Waals surface area contributed by atoms with Crippen LogP contribution in [0.25, 0.3) is 0 Å². The molecule has 0 aromatic heterocycles. The Morgan fingerprint density at radius 2 is 2.00 bits per heavy atom. The molecular formula is C17H34N2O. The lowest BCUT2D eigenvalue weighted by Crippen LogP contribution is -2.80. The molecule has 2 fully saturated rings. The van der Waals surface area contributed by atoms with Crippen LogP contribution in [0.3, 0.4) is 0 Å². The van der Waals surface area contributed by atoms with Crippen molar-refractivity contribution in [2.75, 3.05) is 19.7 Å². The minimum absolute atomic E-state index is 0.0794. The molecule has 4 atom stereocenters. The molecule has 2 rings (SSSR count). The molecular weight excluding hydrogens is 248 g/mol. The fourth-order valence-electron chi connectivity index (χ4n) is 3.83. The van der Waals surface area contributed by atoms with Crippen molar-refractivity contribution in [1.29, 1.82) is 0 Å². The molecule has 3 N–H and O–H groups in total. The fourth-order valence-corrected chi connectivity index (χ4v) is 3.83. The molecule has 1 heterocycles. The first-order valence-electron chi connectivity index (χ1n) is 8.22. The van der Waals surface area contributed by atoms with Crippen molar-refractivity contribution >= 4 is 0 Å². The molecule has 3 nitrogen and oxygen atoms in total. The predicted molar refractivity (Wildman–Crippen MR) is 84.7 cm³/mol. The summed E-state index contributed by atoms with van der Waals surface area (Å²) in [6.07, 6.45) is 2.75. The molecule has 0 aromatic carbocycles. The van der Waals surface area contributed by atoms with E-state index in [-0.39, 0.29) is 11.0 Å². The number of hydrogen-bond donors (Lipinski definition) is 2. The van der Waals surface area contributed by atoms with Gasteiger partial charge in [-0.1, -0.05) is 41.5 Å². The van der Waals surface area contributed by atoms with E-state index in [1.54, 1.807) is 0 Å². The molecule has 1 aliphatic heterocycles. The Balaban J connectivity index is 1.91. The average molecular weight is 282 g/mol. The van der Waals surface area contributed by atoms with Crippen molar-refractivity contribution in [2.45, 2.75) is 66.0 Å². The average Bonchev–Trinajstić information content (AvgIpc) is 2.37. The third kappa shape index (κ3) is 2.53. The molecule has 0 radical (unpaired) electrons. The monoisotopic (exact) mass is 282 g/mol. The molecule has 118 valence electrons. The molecule has 20 heavy (non-hydrogen) atoms. The highest BCUT2D eigenvalue weighted by Gasteiger charge is 2.66. The van der Waals surface area contributed by atoms with E-state index in [1.165, 1.54) is 6.42 Å². The van der Waals surface area contributed by atoms with Crippen molar-refractivity contribution in [2.24, 2.45) is 28.4 Å². The van der Waals surface area contributed by atoms with Crippen molar-refractivity contribution in [3.8, 4) is 0 Å². The van der Waals surface area contributed by atoms with Gasteiger partial charge in [-0.15, -0.1) is 0 Å². The quantitative estimate of drug-likeness (QED) is 0.833. The maximum Gasteiger partial charge on any atom is 0.0690 e. The van der Waals surface area contributed by atoms with E-state index in [0.29, 0.717) is 23.4 Å². The summed E-state index contributed by atoms with van der Waals surface area (Å²) in [5, 5.41) is 3.64. The van der Waals surface area contributed by atoms with Gasteiger partial charge in [0.15, 0.2) is 0 Å². The van der Waals surface area contributed by atoms with Crippen LogP contribution in [0, 0.1) is 22.7 Å². The van der Waals surface area contributed by atoms with Gasteiger partial charge >= 0.3 is 0 Å². The van der Waals surface area contributed by atoms with Crippen molar-refractivity contribution < 1.29 is 4.74 Å². The third-order valence-electron chi connectivity index (χ3n) is 6.24. The van der Waals surface area contributed by atoms with Gasteiger partial charge in [0.2, 0.25) is 0 Å². The lowest BCUT2D eigenvalue weighted by molar-refractivity contribution is -0.225. The molecule has 1 aliphatic carbocycles. The van der Waals surface area contributed by atoms with Crippen LogP contribution in [-0.2, 0) is 4.74 Å². The van der Waals surface area contributed by atoms with Gasteiger partial charge in [0, 0.05) is 30.0 Å². The van der Waals surface area contributed by atoms with Gasteiger partial charge in [0.25, 0.3) is 0 Å². The van der Waals surface area contributed by atoms with Crippen LogP contribution in [-0.4, -0.2) is 31.3 Å². The first kappa shape index (κ1) is 16.3. The zero-order valence-electron chi connectivity index (χ0n) is 14.3. The summed E-state index contributed by atoms with van der Waals surface area (Å²) < 4.78 is 5.96. The normalized spacial score (nSPS) is 38.0. The Morgan fingerprint density at radius 1 is 1.35 bits per heavy atom. The standard InChI is InChI=1S/C17H34N2O/c1-12(15(2,3)4)10-19-11-17(18)13-8-7-9-20-14(13)16(17,5)6/h12-14,19H,7-11,18H2,1-6H3. The van der Waals surface area contributed by atoms with Gasteiger partial charge in [0.1, 0.15) is 0 Å². The summed E-state index contributed by atoms with van der Waals surface area (Å²) >= 11 is 0. The topological polar surface area (TPSA) is 47.3 Å². The summed E-state index contributed by atoms with van der Waals surface area (Å²) in [6, 6.07) is 0. The van der Waals surface area contributed by atoms with Crippen LogP contribution in [0.5, 0.6) is 0 Å². The predicted octanol–water partition coefficient (Wildman–Crippen LogP) is 2.79. The zero-order valence-corrected chi connectivity index (χ0v) is 14.3. The van der Waals surface area contributed by atoms with Gasteiger partial charge in [-0.05, 0) is 30.7 Å². The first-order chi connectivity index (χ1) is 9.11. The highest BCUT2D eigenvalue weighted by molar-refractivity contribution is 5.20. The summed E-state index contributed by atoms with van der Waals surface area (Å²) in [4.78, 5) is 0. The minimum atomic E-state index is -0.115. The van der Waals surface area contributed by atoms with E-state index >= 15 is 0 Å². The third-order valence-corrected chi connectivity index (χ3v) is 6.24. The van der Waals surface area contributed by atoms with E-state index in [1.807, 2.05) is 0 Å². The molecule has 1 saturated carbocycles. The van der Waals surface area contributed by atoms with Gasteiger partial charge in [-0.3, -0.25) is 0 Å². The summed E-state index contributed by atoms with van der Waals surface area (Å²) in [5.74, 6) is 1.18. The van der Waals surface area contributed by atoms with Gasteiger partial charge in [-0.25, -0.2) is 0 Å². The van der Waals surface area contributed by atoms with Crippen molar-refractivity contribution in [3.63, 3.8) is 0 Å². The lowest BCUT2D eigenvalue weighted by atomic mass is 9.46. The Hall–Kier alpha value is -0.120. The minimum Gasteiger partial charge on any atom is -0.377 e. The fraction of sp³-hybridized carbons (Fsp3) is 1.00. The Bertz CT molecular complexity index is 347. The van der Waals surface area contributed by atoms with Gasteiger partial charge in [0.05, 0.1) is 6.10 Å². The second-order valence-electron chi connectivity index (χ2n) is 8.70. The molecule has 0 bridgehead atoms. The molecule has 0 aromatic rings. The smallest absolute Gasteiger partial charge is 0.0690 e. The Labute approximate surface area is 125 Å². The summed E-state index contributed by atoms with van der Waals surface area (Å²) in [7, 11) is 0. The van der Waals surface area contributed by atoms with E-state index in [2.05, 4.69) is 46.9 Å². The second-order valence-corrected chi connectivity index (χ2v) is 8.70. The molecule has 4 unspecified atom stereocenters. The Kier molecular flexibility index (Phi) is 4.27. The van der Waals surface area contributed by atoms with E-state index in [4.69, 9.17) is 10.5 Å². The van der Waals surface area contributed by atoms with Gasteiger partial charge < -0.3 is 15.8 Å². The SMILES string of the molecule is CC(CNCC1(N)C2CCCOC2C1(C)C)C(C)(C)C. The van der Waals surface area contributed by atoms with Crippen LogP contribution >= 0.6 is 0 Å². The number of rotatable bonds is 4. The van der Waals surface area contributed by atoms with E-state index in [0.717, 1.165) is 26.1 Å². The molecule has 2 aliphatic rings. The van der Waals surface area contributed by atoms with E-state index < -0.39 is 0 Å². The van der Waals surface area contributed by atoms with Gasteiger partial charge in [-0.2, -0.15) is 0 Å². The van der Waals surface area contributed by atoms with Crippen LogP contribution < -0.4 is 11.1 Å². The molecule has 1 saturated heterocycles. The lowest BCUT2D eigenvalue weighted by Gasteiger charge is -2.66. The van der Waals surface area contributed by atoms with Crippen molar-refractivity contribution in [3.05, 3.63) is 0 Å². The van der Waals surface area contributed by atoms with Crippen LogP contribution in [0.2, 0.25) is 0 Å². The number of nitrogens with two attached hydrogens (primary N) is 1. The second kappa shape index (κ2) is 5.26. The Morgan fingerprint density at radius 3 is 2.60 bits per heavy atom. The molecule has 0 spiro atoms. The maximum atomic E-state index is 6.79. The number of hydrogen-bond acceptors (Lipinski definition) is 3. The summed E-state index contributed by atoms with van der Waals surface area (Å²) in [6.45, 7) is 16.6. The maximum absolute atomic E-state index is 6.79. The number of ether oxygens (including phenoxy) is 1. The number of fused-ring (bicyclic) bond motifs is 1. The highest BCUT2D eigenvalue weighted by Crippen LogP contribution is 2.57. The molecule has 0 amide bonds. The largest absolute Gasteiger partial charge is 0.377 e. The van der Waals surface area contributed by atoms with Crippen molar-refractivity contribution in [1.82, 2.24) is 5.32 Å².